The summed E-state index contributed by atoms with van der Waals surface area (Å²) < 4.78 is 0. The van der Waals surface area contributed by atoms with E-state index in [0.717, 1.165) is 5.56 Å². The lowest BCUT2D eigenvalue weighted by Gasteiger charge is -2.22. The van der Waals surface area contributed by atoms with Crippen molar-refractivity contribution in [2.75, 3.05) is 4.90 Å². The molecular formula is C14H12Cl2N2O. The van der Waals surface area contributed by atoms with Gasteiger partial charge in [0.25, 0.3) is 5.91 Å². The molecule has 1 aromatic carbocycles. The van der Waals surface area contributed by atoms with Gasteiger partial charge in [0.1, 0.15) is 5.82 Å². The monoisotopic (exact) mass is 294 g/mol. The van der Waals surface area contributed by atoms with Crippen LogP contribution in [0.2, 0.25) is 0 Å². The number of alkyl halides is 2. The molecule has 2 rings (SSSR count). The zero-order valence-electron chi connectivity index (χ0n) is 10.0. The van der Waals surface area contributed by atoms with E-state index in [9.17, 15) is 4.79 Å². The summed E-state index contributed by atoms with van der Waals surface area (Å²) >= 11 is 11.4. The molecule has 0 atom stereocenters. The summed E-state index contributed by atoms with van der Waals surface area (Å²) in [6, 6.07) is 14.9. The van der Waals surface area contributed by atoms with E-state index < -0.39 is 4.84 Å². The number of anilines is 1. The summed E-state index contributed by atoms with van der Waals surface area (Å²) in [5, 5.41) is 0. The highest BCUT2D eigenvalue weighted by molar-refractivity contribution is 6.54. The molecule has 0 N–H and O–H groups in total. The quantitative estimate of drug-likeness (QED) is 0.810. The fourth-order valence-corrected chi connectivity index (χ4v) is 1.90. The average Bonchev–Trinajstić information content (AvgIpc) is 2.46. The molecule has 1 amide bonds. The van der Waals surface area contributed by atoms with Gasteiger partial charge < -0.3 is 0 Å². The minimum absolute atomic E-state index is 0.382. The second-order valence-corrected chi connectivity index (χ2v) is 4.99. The summed E-state index contributed by atoms with van der Waals surface area (Å²) in [4.78, 5) is 16.6. The van der Waals surface area contributed by atoms with Gasteiger partial charge in [0.2, 0.25) is 0 Å². The van der Waals surface area contributed by atoms with Gasteiger partial charge in [-0.2, -0.15) is 0 Å². The van der Waals surface area contributed by atoms with Gasteiger partial charge in [-0.25, -0.2) is 4.98 Å². The number of pyridine rings is 1. The van der Waals surface area contributed by atoms with Gasteiger partial charge in [-0.05, 0) is 17.7 Å². The third-order valence-electron chi connectivity index (χ3n) is 2.56. The van der Waals surface area contributed by atoms with Crippen molar-refractivity contribution in [2.45, 2.75) is 11.4 Å². The molecule has 0 spiro atoms. The normalized spacial score (nSPS) is 10.5. The first-order chi connectivity index (χ1) is 9.18. The van der Waals surface area contributed by atoms with E-state index in [4.69, 9.17) is 23.2 Å². The summed E-state index contributed by atoms with van der Waals surface area (Å²) in [6.45, 7) is 0.382. The third kappa shape index (κ3) is 3.69. The molecule has 0 unspecified atom stereocenters. The van der Waals surface area contributed by atoms with Crippen molar-refractivity contribution >= 4 is 34.9 Å². The Hall–Kier alpha value is -1.58. The van der Waals surface area contributed by atoms with E-state index in [0.29, 0.717) is 12.4 Å². The molecule has 0 aliphatic carbocycles. The van der Waals surface area contributed by atoms with Crippen molar-refractivity contribution in [3.05, 3.63) is 60.3 Å². The van der Waals surface area contributed by atoms with Gasteiger partial charge in [-0.1, -0.05) is 59.6 Å². The lowest BCUT2D eigenvalue weighted by molar-refractivity contribution is -0.117. The molecule has 19 heavy (non-hydrogen) atoms. The minimum atomic E-state index is -1.11. The third-order valence-corrected chi connectivity index (χ3v) is 2.94. The largest absolute Gasteiger partial charge is 0.290 e. The van der Waals surface area contributed by atoms with Crippen LogP contribution in [0.5, 0.6) is 0 Å². The highest BCUT2D eigenvalue weighted by atomic mass is 35.5. The van der Waals surface area contributed by atoms with Crippen LogP contribution in [0, 0.1) is 0 Å². The molecule has 0 bridgehead atoms. The molecule has 1 aromatic heterocycles. The molecule has 3 nitrogen and oxygen atoms in total. The van der Waals surface area contributed by atoms with Crippen LogP contribution < -0.4 is 4.90 Å². The molecule has 5 heteroatoms. The van der Waals surface area contributed by atoms with Crippen molar-refractivity contribution in [3.8, 4) is 0 Å². The fraction of sp³-hybridized carbons (Fsp3) is 0.143. The van der Waals surface area contributed by atoms with Crippen LogP contribution >= 0.6 is 23.2 Å². The Balaban J connectivity index is 2.28. The molecule has 0 aliphatic heterocycles. The van der Waals surface area contributed by atoms with Crippen LogP contribution in [0.1, 0.15) is 5.56 Å². The minimum Gasteiger partial charge on any atom is -0.290 e. The number of hydrogen-bond donors (Lipinski definition) is 0. The zero-order valence-corrected chi connectivity index (χ0v) is 11.6. The van der Waals surface area contributed by atoms with Crippen molar-refractivity contribution in [2.24, 2.45) is 0 Å². The van der Waals surface area contributed by atoms with E-state index in [1.54, 1.807) is 18.3 Å². The summed E-state index contributed by atoms with van der Waals surface area (Å²) in [5.41, 5.74) is 0.982. The van der Waals surface area contributed by atoms with E-state index in [1.165, 1.54) is 4.90 Å². The lowest BCUT2D eigenvalue weighted by atomic mass is 10.2. The molecule has 0 saturated heterocycles. The lowest BCUT2D eigenvalue weighted by Crippen LogP contribution is -2.35. The summed E-state index contributed by atoms with van der Waals surface area (Å²) in [6.07, 6.45) is 1.62. The number of aromatic nitrogens is 1. The van der Waals surface area contributed by atoms with Crippen molar-refractivity contribution in [1.29, 1.82) is 0 Å². The second-order valence-electron chi connectivity index (χ2n) is 3.90. The van der Waals surface area contributed by atoms with E-state index in [2.05, 4.69) is 4.98 Å². The fourth-order valence-electron chi connectivity index (χ4n) is 1.67. The van der Waals surface area contributed by atoms with Crippen molar-refractivity contribution in [1.82, 2.24) is 4.98 Å². The van der Waals surface area contributed by atoms with Crippen LogP contribution in [0.25, 0.3) is 0 Å². The van der Waals surface area contributed by atoms with Crippen LogP contribution in [-0.4, -0.2) is 15.7 Å². The predicted molar refractivity (Wildman–Crippen MR) is 77.4 cm³/mol. The molecular weight excluding hydrogens is 283 g/mol. The number of hydrogen-bond acceptors (Lipinski definition) is 2. The van der Waals surface area contributed by atoms with Gasteiger partial charge in [-0.3, -0.25) is 9.69 Å². The van der Waals surface area contributed by atoms with Crippen LogP contribution in [-0.2, 0) is 11.3 Å². The van der Waals surface area contributed by atoms with Gasteiger partial charge in [0.05, 0.1) is 6.54 Å². The van der Waals surface area contributed by atoms with Crippen molar-refractivity contribution < 1.29 is 4.79 Å². The molecule has 0 aliphatic rings. The SMILES string of the molecule is O=C(C(Cl)Cl)N(Cc1ccccc1)c1ccccn1. The highest BCUT2D eigenvalue weighted by Crippen LogP contribution is 2.18. The Bertz CT molecular complexity index is 532. The number of halogens is 2. The topological polar surface area (TPSA) is 33.2 Å². The first-order valence-electron chi connectivity index (χ1n) is 5.73. The molecule has 2 aromatic rings. The Morgan fingerprint density at radius 1 is 1.11 bits per heavy atom. The summed E-state index contributed by atoms with van der Waals surface area (Å²) in [5.74, 6) is 0.147. The summed E-state index contributed by atoms with van der Waals surface area (Å²) in [7, 11) is 0. The number of benzene rings is 1. The van der Waals surface area contributed by atoms with E-state index >= 15 is 0 Å². The Labute approximate surface area is 121 Å². The smallest absolute Gasteiger partial charge is 0.261 e. The van der Waals surface area contributed by atoms with Crippen LogP contribution in [0.3, 0.4) is 0 Å². The maximum atomic E-state index is 12.1. The molecule has 0 radical (unpaired) electrons. The maximum absolute atomic E-state index is 12.1. The Morgan fingerprint density at radius 3 is 2.37 bits per heavy atom. The Morgan fingerprint density at radius 2 is 1.79 bits per heavy atom. The molecule has 0 fully saturated rings. The number of nitrogens with zero attached hydrogens (tertiary/aromatic N) is 2. The highest BCUT2D eigenvalue weighted by Gasteiger charge is 2.22. The standard InChI is InChI=1S/C14H12Cl2N2O/c15-13(16)14(19)18(12-8-4-5-9-17-12)10-11-6-2-1-3-7-11/h1-9,13H,10H2. The van der Waals surface area contributed by atoms with E-state index in [-0.39, 0.29) is 5.91 Å². The average molecular weight is 295 g/mol. The molecule has 0 saturated carbocycles. The van der Waals surface area contributed by atoms with Gasteiger partial charge in [0, 0.05) is 6.20 Å². The van der Waals surface area contributed by atoms with Gasteiger partial charge >= 0.3 is 0 Å². The number of carbonyl (C=O) groups is 1. The van der Waals surface area contributed by atoms with E-state index in [1.807, 2.05) is 36.4 Å². The van der Waals surface area contributed by atoms with Crippen molar-refractivity contribution in [3.63, 3.8) is 0 Å². The Kier molecular flexibility index (Phi) is 4.77. The number of carbonyl (C=O) groups excluding carboxylic acids is 1. The molecule has 1 heterocycles. The zero-order chi connectivity index (χ0) is 13.7. The van der Waals surface area contributed by atoms with Crippen LogP contribution in [0.4, 0.5) is 5.82 Å². The van der Waals surface area contributed by atoms with Gasteiger partial charge in [0.15, 0.2) is 4.84 Å². The number of amides is 1. The van der Waals surface area contributed by atoms with Gasteiger partial charge in [-0.15, -0.1) is 0 Å². The predicted octanol–water partition coefficient (Wildman–Crippen LogP) is 3.42. The van der Waals surface area contributed by atoms with Crippen LogP contribution in [0.15, 0.2) is 54.7 Å². The second kappa shape index (κ2) is 6.55. The maximum Gasteiger partial charge on any atom is 0.261 e. The number of rotatable bonds is 4. The first kappa shape index (κ1) is 13.8. The first-order valence-corrected chi connectivity index (χ1v) is 6.60. The molecule has 98 valence electrons.